The average molecular weight is 432 g/mol. The molecule has 5 nitrogen and oxygen atoms in total. The van der Waals surface area contributed by atoms with Crippen LogP contribution in [0.1, 0.15) is 24.3 Å². The zero-order chi connectivity index (χ0) is 20.9. The number of sulfone groups is 1. The van der Waals surface area contributed by atoms with Gasteiger partial charge < -0.3 is 9.47 Å². The first-order valence-corrected chi connectivity index (χ1v) is 10.7. The van der Waals surface area contributed by atoms with Crippen molar-refractivity contribution in [1.82, 2.24) is 0 Å². The van der Waals surface area contributed by atoms with Crippen molar-refractivity contribution in [3.05, 3.63) is 51.9 Å². The first kappa shape index (κ1) is 20.4. The molecular weight excluding hydrogens is 417 g/mol. The number of thiophene rings is 1. The zero-order valence-corrected chi connectivity index (χ0v) is 16.6. The maximum atomic E-state index is 12.8. The Morgan fingerprint density at radius 2 is 1.75 bits per heavy atom. The van der Waals surface area contributed by atoms with Crippen LogP contribution in [0.3, 0.4) is 0 Å². The lowest BCUT2D eigenvalue weighted by molar-refractivity contribution is -0.145. The predicted molar refractivity (Wildman–Crippen MR) is 96.6 cm³/mol. The molecule has 0 N–H and O–H groups in total. The van der Waals surface area contributed by atoms with E-state index in [9.17, 15) is 26.4 Å². The molecule has 0 spiro atoms. The molecule has 0 fully saturated rings. The van der Waals surface area contributed by atoms with Crippen LogP contribution in [-0.4, -0.2) is 26.2 Å². The number of hydrogen-bond donors (Lipinski definition) is 0. The van der Waals surface area contributed by atoms with Gasteiger partial charge in [0.2, 0.25) is 5.76 Å². The Labute approximate surface area is 163 Å². The van der Waals surface area contributed by atoms with Gasteiger partial charge in [0.1, 0.15) is 16.2 Å². The van der Waals surface area contributed by atoms with E-state index < -0.39 is 32.5 Å². The molecule has 0 amide bonds. The molecule has 0 bridgehead atoms. The van der Waals surface area contributed by atoms with E-state index in [1.165, 1.54) is 24.3 Å². The lowest BCUT2D eigenvalue weighted by Gasteiger charge is -2.21. The second-order valence-corrected chi connectivity index (χ2v) is 9.57. The summed E-state index contributed by atoms with van der Waals surface area (Å²) in [6, 6.07) is 6.54. The van der Waals surface area contributed by atoms with Crippen LogP contribution >= 0.6 is 11.3 Å². The Hall–Kier alpha value is -2.33. The van der Waals surface area contributed by atoms with Crippen molar-refractivity contribution >= 4 is 32.7 Å². The highest BCUT2D eigenvalue weighted by Gasteiger charge is 2.43. The van der Waals surface area contributed by atoms with Gasteiger partial charge in [0.15, 0.2) is 9.84 Å². The summed E-state index contributed by atoms with van der Waals surface area (Å²) in [6.45, 7) is 3.21. The van der Waals surface area contributed by atoms with Gasteiger partial charge in [0.05, 0.1) is 10.5 Å². The van der Waals surface area contributed by atoms with Crippen molar-refractivity contribution in [3.8, 4) is 5.75 Å². The number of halogens is 3. The van der Waals surface area contributed by atoms with Gasteiger partial charge in [0.25, 0.3) is 0 Å². The van der Waals surface area contributed by atoms with E-state index in [0.717, 1.165) is 17.7 Å². The molecule has 28 heavy (non-hydrogen) atoms. The quantitative estimate of drug-likeness (QED) is 0.674. The van der Waals surface area contributed by atoms with Crippen LogP contribution in [0.4, 0.5) is 13.2 Å². The van der Waals surface area contributed by atoms with E-state index >= 15 is 0 Å². The van der Waals surface area contributed by atoms with Gasteiger partial charge in [-0.15, -0.1) is 11.3 Å². The molecule has 0 saturated carbocycles. The number of alkyl halides is 3. The van der Waals surface area contributed by atoms with Crippen LogP contribution in [0.5, 0.6) is 5.75 Å². The number of benzene rings is 1. The summed E-state index contributed by atoms with van der Waals surface area (Å²) in [5.41, 5.74) is -0.330. The Balaban J connectivity index is 2.04. The molecule has 0 unspecified atom stereocenters. The highest BCUT2D eigenvalue weighted by Crippen LogP contribution is 2.42. The largest absolute Gasteiger partial charge is 0.449 e. The fraction of sp³-hybridized carbons (Fsp3) is 0.278. The minimum atomic E-state index is -4.51. The standard InChI is InChI=1S/C18H15F3O5S2/c1-17(2)14(10-4-6-12(7-5-10)28(3,23)24)15(16(22)26-17)25-11-8-13(27-9-11)18(19,20)21/h4-9H,1-3H3. The van der Waals surface area contributed by atoms with Gasteiger partial charge in [0, 0.05) is 17.7 Å². The van der Waals surface area contributed by atoms with Crippen LogP contribution in [-0.2, 0) is 25.5 Å². The van der Waals surface area contributed by atoms with Crippen molar-refractivity contribution in [2.24, 2.45) is 0 Å². The second-order valence-electron chi connectivity index (χ2n) is 6.65. The number of rotatable bonds is 4. The Bertz CT molecular complexity index is 1060. The van der Waals surface area contributed by atoms with Crippen LogP contribution in [0.2, 0.25) is 0 Å². The van der Waals surface area contributed by atoms with E-state index in [0.29, 0.717) is 22.5 Å². The summed E-state index contributed by atoms with van der Waals surface area (Å²) in [4.78, 5) is 11.5. The number of hydrogen-bond acceptors (Lipinski definition) is 6. The third-order valence-corrected chi connectivity index (χ3v) is 6.09. The molecule has 150 valence electrons. The van der Waals surface area contributed by atoms with E-state index in [1.807, 2.05) is 0 Å². The summed E-state index contributed by atoms with van der Waals surface area (Å²) in [5.74, 6) is -1.18. The lowest BCUT2D eigenvalue weighted by atomic mass is 9.92. The Morgan fingerprint density at radius 3 is 2.25 bits per heavy atom. The fourth-order valence-corrected chi connectivity index (χ4v) is 4.09. The fourth-order valence-electron chi connectivity index (χ4n) is 2.78. The van der Waals surface area contributed by atoms with E-state index in [-0.39, 0.29) is 16.4 Å². The third kappa shape index (κ3) is 3.93. The molecule has 0 aliphatic carbocycles. The molecule has 2 aromatic rings. The highest BCUT2D eigenvalue weighted by atomic mass is 32.2. The maximum absolute atomic E-state index is 12.8. The van der Waals surface area contributed by atoms with Crippen LogP contribution < -0.4 is 4.74 Å². The van der Waals surface area contributed by atoms with E-state index in [2.05, 4.69) is 0 Å². The monoisotopic (exact) mass is 432 g/mol. The first-order chi connectivity index (χ1) is 12.8. The van der Waals surface area contributed by atoms with Crippen molar-refractivity contribution in [3.63, 3.8) is 0 Å². The van der Waals surface area contributed by atoms with E-state index in [4.69, 9.17) is 9.47 Å². The summed E-state index contributed by atoms with van der Waals surface area (Å²) in [6.07, 6.45) is -3.45. The predicted octanol–water partition coefficient (Wildman–Crippen LogP) is 4.30. The van der Waals surface area contributed by atoms with Crippen molar-refractivity contribution in [2.45, 2.75) is 30.5 Å². The molecule has 1 aromatic carbocycles. The minimum absolute atomic E-state index is 0.0926. The number of carbonyl (C=O) groups excluding carboxylic acids is 1. The SMILES string of the molecule is CC1(C)OC(=O)C(Oc2csc(C(F)(F)F)c2)=C1c1ccc(S(C)(=O)=O)cc1. The van der Waals surface area contributed by atoms with Crippen molar-refractivity contribution in [1.29, 1.82) is 0 Å². The van der Waals surface area contributed by atoms with E-state index in [1.54, 1.807) is 13.8 Å². The maximum Gasteiger partial charge on any atom is 0.425 e. The molecule has 10 heteroatoms. The minimum Gasteiger partial charge on any atom is -0.449 e. The van der Waals surface area contributed by atoms with Gasteiger partial charge in [-0.2, -0.15) is 13.2 Å². The summed E-state index contributed by atoms with van der Waals surface area (Å²) in [5, 5.41) is 1.15. The van der Waals surface area contributed by atoms with Crippen LogP contribution in [0.15, 0.2) is 46.4 Å². The zero-order valence-electron chi connectivity index (χ0n) is 15.0. The molecular formula is C18H15F3O5S2. The van der Waals surface area contributed by atoms with Crippen molar-refractivity contribution in [2.75, 3.05) is 6.26 Å². The van der Waals surface area contributed by atoms with Crippen LogP contribution in [0, 0.1) is 0 Å². The topological polar surface area (TPSA) is 69.7 Å². The molecule has 0 saturated heterocycles. The summed E-state index contributed by atoms with van der Waals surface area (Å²) < 4.78 is 72.4. The third-order valence-electron chi connectivity index (χ3n) is 4.01. The molecule has 1 aliphatic heterocycles. The molecule has 0 atom stereocenters. The van der Waals surface area contributed by atoms with Gasteiger partial charge in [-0.05, 0) is 31.5 Å². The molecule has 2 heterocycles. The normalized spacial score (nSPS) is 17.0. The second kappa shape index (κ2) is 6.63. The Morgan fingerprint density at radius 1 is 1.14 bits per heavy atom. The number of esters is 1. The molecule has 3 rings (SSSR count). The van der Waals surface area contributed by atoms with Gasteiger partial charge >= 0.3 is 12.1 Å². The summed E-state index contributed by atoms with van der Waals surface area (Å²) >= 11 is 0.451. The molecule has 1 aromatic heterocycles. The smallest absolute Gasteiger partial charge is 0.425 e. The highest BCUT2D eigenvalue weighted by molar-refractivity contribution is 7.90. The number of ether oxygens (including phenoxy) is 2. The summed E-state index contributed by atoms with van der Waals surface area (Å²) in [7, 11) is -3.41. The van der Waals surface area contributed by atoms with Gasteiger partial charge in [-0.3, -0.25) is 0 Å². The van der Waals surface area contributed by atoms with Crippen molar-refractivity contribution < 1.29 is 35.9 Å². The lowest BCUT2D eigenvalue weighted by Crippen LogP contribution is -2.22. The van der Waals surface area contributed by atoms with Gasteiger partial charge in [-0.25, -0.2) is 13.2 Å². The Kier molecular flexibility index (Phi) is 4.83. The number of carbonyl (C=O) groups is 1. The molecule has 0 radical (unpaired) electrons. The first-order valence-electron chi connectivity index (χ1n) is 7.91. The van der Waals surface area contributed by atoms with Crippen LogP contribution in [0.25, 0.3) is 5.57 Å². The number of cyclic esters (lactones) is 1. The van der Waals surface area contributed by atoms with Gasteiger partial charge in [-0.1, -0.05) is 12.1 Å². The average Bonchev–Trinajstić information content (AvgIpc) is 3.09. The molecule has 1 aliphatic rings.